The number of nitrogens with one attached hydrogen (secondary N) is 1. The van der Waals surface area contributed by atoms with E-state index in [1.54, 1.807) is 18.3 Å². The molecule has 0 spiro atoms. The molecule has 1 N–H and O–H groups in total. The average Bonchev–Trinajstić information content (AvgIpc) is 2.99. The van der Waals surface area contributed by atoms with Crippen LogP contribution < -0.4 is 5.32 Å². The molecule has 0 radical (unpaired) electrons. The van der Waals surface area contributed by atoms with E-state index < -0.39 is 0 Å². The Balaban J connectivity index is 1.78. The summed E-state index contributed by atoms with van der Waals surface area (Å²) < 4.78 is 1.53. The van der Waals surface area contributed by atoms with Crippen molar-refractivity contribution >= 4 is 17.2 Å². The van der Waals surface area contributed by atoms with Gasteiger partial charge in [-0.25, -0.2) is 14.6 Å². The molecule has 0 bridgehead atoms. The van der Waals surface area contributed by atoms with Crippen molar-refractivity contribution in [3.8, 4) is 0 Å². The minimum atomic E-state index is -0.343. The minimum absolute atomic E-state index is 0.0625. The van der Waals surface area contributed by atoms with E-state index in [-0.39, 0.29) is 11.9 Å². The van der Waals surface area contributed by atoms with E-state index in [0.29, 0.717) is 6.54 Å². The van der Waals surface area contributed by atoms with E-state index in [9.17, 15) is 4.79 Å². The Morgan fingerprint density at radius 2 is 2.44 bits per heavy atom. The van der Waals surface area contributed by atoms with Gasteiger partial charge in [-0.3, -0.25) is 4.79 Å². The molecule has 1 amide bonds. The van der Waals surface area contributed by atoms with Crippen molar-refractivity contribution in [2.24, 2.45) is 0 Å². The second kappa shape index (κ2) is 5.72. The number of aryl methyl sites for hydroxylation is 1. The van der Waals surface area contributed by atoms with Crippen LogP contribution in [0.3, 0.4) is 0 Å². The van der Waals surface area contributed by atoms with Gasteiger partial charge < -0.3 is 5.32 Å². The van der Waals surface area contributed by atoms with Crippen LogP contribution in [0.1, 0.15) is 23.7 Å². The molecule has 2 aromatic heterocycles. The number of rotatable bonds is 5. The number of carbonyl (C=O) groups is 1. The monoisotopic (exact) mass is 265 g/mol. The number of thiazole rings is 1. The number of amides is 1. The molecule has 2 aromatic rings. The first-order valence-corrected chi connectivity index (χ1v) is 6.57. The van der Waals surface area contributed by atoms with Crippen LogP contribution in [0.25, 0.3) is 0 Å². The number of nitrogens with zero attached hydrogens (tertiary/aromatic N) is 4. The summed E-state index contributed by atoms with van der Waals surface area (Å²) in [7, 11) is 0. The van der Waals surface area contributed by atoms with Gasteiger partial charge in [0, 0.05) is 18.3 Å². The van der Waals surface area contributed by atoms with E-state index in [4.69, 9.17) is 0 Å². The molecule has 0 unspecified atom stereocenters. The lowest BCUT2D eigenvalue weighted by Gasteiger charge is -2.11. The van der Waals surface area contributed by atoms with Crippen LogP contribution in [-0.2, 0) is 11.2 Å². The summed E-state index contributed by atoms with van der Waals surface area (Å²) in [5.74, 6) is -0.0625. The normalized spacial score (nSPS) is 12.3. The van der Waals surface area contributed by atoms with Gasteiger partial charge in [-0.15, -0.1) is 11.3 Å². The Morgan fingerprint density at radius 1 is 1.61 bits per heavy atom. The number of hydrogen-bond donors (Lipinski definition) is 1. The highest BCUT2D eigenvalue weighted by Crippen LogP contribution is 2.08. The maximum atomic E-state index is 11.8. The highest BCUT2D eigenvalue weighted by Gasteiger charge is 2.14. The summed E-state index contributed by atoms with van der Waals surface area (Å²) in [6.45, 7) is 4.34. The molecule has 1 atom stereocenters. The minimum Gasteiger partial charge on any atom is -0.354 e. The number of carbonyl (C=O) groups excluding carboxylic acids is 1. The molecule has 96 valence electrons. The van der Waals surface area contributed by atoms with Crippen LogP contribution in [0, 0.1) is 6.92 Å². The highest BCUT2D eigenvalue weighted by atomic mass is 32.1. The molecule has 0 fully saturated rings. The van der Waals surface area contributed by atoms with E-state index in [1.165, 1.54) is 17.3 Å². The van der Waals surface area contributed by atoms with Crippen LogP contribution in [0.2, 0.25) is 0 Å². The SMILES string of the molecule is Cc1nc(CCNC(=O)[C@@H](C)n2cncn2)cs1. The van der Waals surface area contributed by atoms with Crippen molar-refractivity contribution in [3.05, 3.63) is 28.7 Å². The largest absolute Gasteiger partial charge is 0.354 e. The zero-order valence-electron chi connectivity index (χ0n) is 10.3. The predicted octanol–water partition coefficient (Wildman–Crippen LogP) is 0.963. The summed E-state index contributed by atoms with van der Waals surface area (Å²) in [6.07, 6.45) is 3.70. The molecule has 0 saturated heterocycles. The number of hydrogen-bond acceptors (Lipinski definition) is 5. The summed E-state index contributed by atoms with van der Waals surface area (Å²) in [5, 5.41) is 9.87. The summed E-state index contributed by atoms with van der Waals surface area (Å²) in [4.78, 5) is 20.0. The topological polar surface area (TPSA) is 72.7 Å². The quantitative estimate of drug-likeness (QED) is 0.874. The molecule has 2 rings (SSSR count). The Morgan fingerprint density at radius 3 is 3.06 bits per heavy atom. The fraction of sp³-hybridized carbons (Fsp3) is 0.455. The van der Waals surface area contributed by atoms with Crippen molar-refractivity contribution in [1.82, 2.24) is 25.1 Å². The van der Waals surface area contributed by atoms with E-state index in [2.05, 4.69) is 20.4 Å². The lowest BCUT2D eigenvalue weighted by molar-refractivity contribution is -0.124. The zero-order chi connectivity index (χ0) is 13.0. The Labute approximate surface area is 109 Å². The lowest BCUT2D eigenvalue weighted by atomic mass is 10.3. The average molecular weight is 265 g/mol. The first-order valence-electron chi connectivity index (χ1n) is 5.69. The smallest absolute Gasteiger partial charge is 0.244 e. The molecule has 0 aliphatic heterocycles. The fourth-order valence-electron chi connectivity index (χ4n) is 1.52. The fourth-order valence-corrected chi connectivity index (χ4v) is 2.17. The maximum Gasteiger partial charge on any atom is 0.244 e. The van der Waals surface area contributed by atoms with Gasteiger partial charge in [-0.2, -0.15) is 5.10 Å². The van der Waals surface area contributed by atoms with Crippen molar-refractivity contribution in [1.29, 1.82) is 0 Å². The van der Waals surface area contributed by atoms with Crippen LogP contribution >= 0.6 is 11.3 Å². The third-order valence-electron chi connectivity index (χ3n) is 2.56. The van der Waals surface area contributed by atoms with Gasteiger partial charge in [0.25, 0.3) is 0 Å². The van der Waals surface area contributed by atoms with Crippen LogP contribution in [-0.4, -0.2) is 32.2 Å². The Bertz CT molecular complexity index is 507. The van der Waals surface area contributed by atoms with Gasteiger partial charge in [0.15, 0.2) is 0 Å². The second-order valence-corrected chi connectivity index (χ2v) is 5.01. The Hall–Kier alpha value is -1.76. The van der Waals surface area contributed by atoms with Crippen molar-refractivity contribution < 1.29 is 4.79 Å². The van der Waals surface area contributed by atoms with Crippen molar-refractivity contribution in [3.63, 3.8) is 0 Å². The molecule has 7 heteroatoms. The van der Waals surface area contributed by atoms with E-state index >= 15 is 0 Å². The third-order valence-corrected chi connectivity index (χ3v) is 3.38. The zero-order valence-corrected chi connectivity index (χ0v) is 11.1. The standard InChI is InChI=1S/C11H15N5OS/c1-8(16-7-12-6-14-16)11(17)13-4-3-10-5-18-9(2)15-10/h5-8H,3-4H2,1-2H3,(H,13,17)/t8-/m1/s1. The van der Waals surface area contributed by atoms with Crippen LogP contribution in [0.15, 0.2) is 18.0 Å². The molecule has 2 heterocycles. The van der Waals surface area contributed by atoms with Gasteiger partial charge in [-0.1, -0.05) is 0 Å². The van der Waals surface area contributed by atoms with Crippen LogP contribution in [0.4, 0.5) is 0 Å². The summed E-state index contributed by atoms with van der Waals surface area (Å²) in [6, 6.07) is -0.343. The van der Waals surface area contributed by atoms with Gasteiger partial charge in [0.2, 0.25) is 5.91 Å². The highest BCUT2D eigenvalue weighted by molar-refractivity contribution is 7.09. The van der Waals surface area contributed by atoms with Crippen molar-refractivity contribution in [2.45, 2.75) is 26.3 Å². The van der Waals surface area contributed by atoms with E-state index in [1.807, 2.05) is 12.3 Å². The Kier molecular flexibility index (Phi) is 4.03. The second-order valence-electron chi connectivity index (χ2n) is 3.95. The molecule has 0 saturated carbocycles. The summed E-state index contributed by atoms with van der Waals surface area (Å²) >= 11 is 1.62. The lowest BCUT2D eigenvalue weighted by Crippen LogP contribution is -2.32. The molecule has 0 aliphatic rings. The molecular formula is C11H15N5OS. The molecular weight excluding hydrogens is 250 g/mol. The third kappa shape index (κ3) is 3.13. The predicted molar refractivity (Wildman–Crippen MR) is 68.3 cm³/mol. The van der Waals surface area contributed by atoms with Gasteiger partial charge in [-0.05, 0) is 13.8 Å². The summed E-state index contributed by atoms with van der Waals surface area (Å²) in [5.41, 5.74) is 1.02. The number of aromatic nitrogens is 4. The van der Waals surface area contributed by atoms with Gasteiger partial charge in [0.05, 0.1) is 10.7 Å². The molecule has 18 heavy (non-hydrogen) atoms. The molecule has 0 aromatic carbocycles. The first-order chi connectivity index (χ1) is 8.66. The first kappa shape index (κ1) is 12.7. The molecule has 6 nitrogen and oxygen atoms in total. The van der Waals surface area contributed by atoms with E-state index in [0.717, 1.165) is 17.1 Å². The maximum absolute atomic E-state index is 11.8. The van der Waals surface area contributed by atoms with Crippen LogP contribution in [0.5, 0.6) is 0 Å². The molecule has 0 aliphatic carbocycles. The van der Waals surface area contributed by atoms with Gasteiger partial charge in [0.1, 0.15) is 18.7 Å². The van der Waals surface area contributed by atoms with Gasteiger partial charge >= 0.3 is 0 Å². The van der Waals surface area contributed by atoms with Crippen molar-refractivity contribution in [2.75, 3.05) is 6.54 Å².